The van der Waals surface area contributed by atoms with Crippen molar-refractivity contribution >= 4 is 0 Å². The highest BCUT2D eigenvalue weighted by Crippen LogP contribution is 2.43. The Kier molecular flexibility index (Phi) is 3.92. The van der Waals surface area contributed by atoms with E-state index in [-0.39, 0.29) is 24.3 Å². The third-order valence-corrected chi connectivity index (χ3v) is 4.44. The molecule has 2 aliphatic heterocycles. The Hall–Kier alpha value is -2.44. The highest BCUT2D eigenvalue weighted by molar-refractivity contribution is 5.54. The van der Waals surface area contributed by atoms with Crippen molar-refractivity contribution in [2.45, 2.75) is 6.04 Å². The molecule has 0 unspecified atom stereocenters. The molecule has 1 atom stereocenters. The number of ether oxygens (including phenoxy) is 3. The normalized spacial score (nSPS) is 18.5. The number of morpholine rings is 1. The Morgan fingerprint density at radius 2 is 1.58 bits per heavy atom. The second-order valence-corrected chi connectivity index (χ2v) is 5.91. The molecule has 6 heteroatoms. The largest absolute Gasteiger partial charge is 0.508 e. The van der Waals surface area contributed by atoms with Crippen molar-refractivity contribution in [3.05, 3.63) is 47.5 Å². The number of nitrogens with zero attached hydrogens (tertiary/aromatic N) is 1. The standard InChI is InChI=1S/C18H19NO5/c20-13-3-1-12(2-4-13)18(19-5-7-22-8-6-19)14-9-16-17(10-15(14)21)24-11-23-16/h1-4,9-10,18,20-21H,5-8,11H2/t18-/m1/s1. The van der Waals surface area contributed by atoms with Gasteiger partial charge >= 0.3 is 0 Å². The minimum atomic E-state index is -0.149. The van der Waals surface area contributed by atoms with Gasteiger partial charge < -0.3 is 24.4 Å². The summed E-state index contributed by atoms with van der Waals surface area (Å²) < 4.78 is 16.3. The van der Waals surface area contributed by atoms with E-state index in [9.17, 15) is 10.2 Å². The minimum Gasteiger partial charge on any atom is -0.508 e. The maximum absolute atomic E-state index is 10.5. The predicted octanol–water partition coefficient (Wildman–Crippen LogP) is 2.25. The molecule has 0 spiro atoms. The van der Waals surface area contributed by atoms with Crippen molar-refractivity contribution in [3.63, 3.8) is 0 Å². The van der Waals surface area contributed by atoms with Crippen LogP contribution in [0, 0.1) is 0 Å². The number of hydrogen-bond donors (Lipinski definition) is 2. The molecule has 0 aliphatic carbocycles. The van der Waals surface area contributed by atoms with Crippen LogP contribution in [0.15, 0.2) is 36.4 Å². The Bertz CT molecular complexity index is 725. The van der Waals surface area contributed by atoms with E-state index in [0.29, 0.717) is 24.7 Å². The lowest BCUT2D eigenvalue weighted by Gasteiger charge is -2.35. The molecule has 24 heavy (non-hydrogen) atoms. The van der Waals surface area contributed by atoms with Gasteiger partial charge in [-0.1, -0.05) is 12.1 Å². The average Bonchev–Trinajstić information content (AvgIpc) is 3.05. The molecule has 2 N–H and O–H groups in total. The number of fused-ring (bicyclic) bond motifs is 1. The van der Waals surface area contributed by atoms with Gasteiger partial charge in [0.2, 0.25) is 6.79 Å². The van der Waals surface area contributed by atoms with Crippen LogP contribution >= 0.6 is 0 Å². The Labute approximate surface area is 139 Å². The quantitative estimate of drug-likeness (QED) is 0.900. The van der Waals surface area contributed by atoms with E-state index in [1.807, 2.05) is 18.2 Å². The van der Waals surface area contributed by atoms with Gasteiger partial charge in [0, 0.05) is 24.7 Å². The molecule has 126 valence electrons. The molecule has 1 saturated heterocycles. The van der Waals surface area contributed by atoms with Crippen LogP contribution in [0.4, 0.5) is 0 Å². The maximum Gasteiger partial charge on any atom is 0.231 e. The highest BCUT2D eigenvalue weighted by Gasteiger charge is 2.29. The van der Waals surface area contributed by atoms with Crippen LogP contribution in [0.1, 0.15) is 17.2 Å². The number of hydrogen-bond acceptors (Lipinski definition) is 6. The van der Waals surface area contributed by atoms with Crippen molar-refractivity contribution < 1.29 is 24.4 Å². The smallest absolute Gasteiger partial charge is 0.231 e. The van der Waals surface area contributed by atoms with Gasteiger partial charge in [0.1, 0.15) is 11.5 Å². The summed E-state index contributed by atoms with van der Waals surface area (Å²) >= 11 is 0. The minimum absolute atomic E-state index is 0.149. The van der Waals surface area contributed by atoms with E-state index in [2.05, 4.69) is 4.90 Å². The first-order chi connectivity index (χ1) is 11.7. The summed E-state index contributed by atoms with van der Waals surface area (Å²) in [6.45, 7) is 3.00. The number of rotatable bonds is 3. The molecular weight excluding hydrogens is 310 g/mol. The molecular formula is C18H19NO5. The third-order valence-electron chi connectivity index (χ3n) is 4.44. The third kappa shape index (κ3) is 2.74. The summed E-state index contributed by atoms with van der Waals surface area (Å²) in [7, 11) is 0. The van der Waals surface area contributed by atoms with Gasteiger partial charge in [-0.15, -0.1) is 0 Å². The molecule has 0 bridgehead atoms. The fourth-order valence-electron chi connectivity index (χ4n) is 3.25. The lowest BCUT2D eigenvalue weighted by molar-refractivity contribution is 0.0235. The van der Waals surface area contributed by atoms with E-state index in [1.54, 1.807) is 18.2 Å². The summed E-state index contributed by atoms with van der Waals surface area (Å²) in [5.74, 6) is 1.58. The molecule has 0 aromatic heterocycles. The van der Waals surface area contributed by atoms with Gasteiger partial charge in [0.25, 0.3) is 0 Å². The number of phenolic OH excluding ortho intramolecular Hbond substituents is 2. The SMILES string of the molecule is Oc1ccc([C@H](c2cc3c(cc2O)OCO3)N2CCOCC2)cc1. The topological polar surface area (TPSA) is 71.4 Å². The number of aromatic hydroxyl groups is 2. The van der Waals surface area contributed by atoms with Crippen LogP contribution < -0.4 is 9.47 Å². The highest BCUT2D eigenvalue weighted by atomic mass is 16.7. The van der Waals surface area contributed by atoms with Crippen LogP contribution in [-0.4, -0.2) is 48.2 Å². The predicted molar refractivity (Wildman–Crippen MR) is 86.6 cm³/mol. The van der Waals surface area contributed by atoms with Crippen molar-refractivity contribution in [3.8, 4) is 23.0 Å². The Morgan fingerprint density at radius 1 is 0.917 bits per heavy atom. The first-order valence-electron chi connectivity index (χ1n) is 7.95. The van der Waals surface area contributed by atoms with Crippen LogP contribution in [0.2, 0.25) is 0 Å². The van der Waals surface area contributed by atoms with Crippen molar-refractivity contribution in [2.24, 2.45) is 0 Å². The Morgan fingerprint density at radius 3 is 2.29 bits per heavy atom. The first-order valence-corrected chi connectivity index (χ1v) is 7.95. The molecule has 0 radical (unpaired) electrons. The molecule has 2 aliphatic rings. The van der Waals surface area contributed by atoms with E-state index in [0.717, 1.165) is 24.2 Å². The Balaban J connectivity index is 1.78. The summed E-state index contributed by atoms with van der Waals surface area (Å²) in [5, 5.41) is 20.1. The number of benzene rings is 2. The fourth-order valence-corrected chi connectivity index (χ4v) is 3.25. The molecule has 6 nitrogen and oxygen atoms in total. The summed E-state index contributed by atoms with van der Waals surface area (Å²) in [6.07, 6.45) is 0. The van der Waals surface area contributed by atoms with Gasteiger partial charge in [-0.3, -0.25) is 4.90 Å². The second kappa shape index (κ2) is 6.22. The van der Waals surface area contributed by atoms with Crippen LogP contribution in [0.3, 0.4) is 0 Å². The molecule has 0 saturated carbocycles. The van der Waals surface area contributed by atoms with Crippen molar-refractivity contribution in [1.29, 1.82) is 0 Å². The summed E-state index contributed by atoms with van der Waals surface area (Å²) in [5.41, 5.74) is 1.75. The van der Waals surface area contributed by atoms with Crippen LogP contribution in [-0.2, 0) is 4.74 Å². The van der Waals surface area contributed by atoms with E-state index in [4.69, 9.17) is 14.2 Å². The lowest BCUT2D eigenvalue weighted by Crippen LogP contribution is -2.39. The molecule has 4 rings (SSSR count). The van der Waals surface area contributed by atoms with Gasteiger partial charge in [0.05, 0.1) is 19.3 Å². The zero-order valence-electron chi connectivity index (χ0n) is 13.1. The summed E-state index contributed by atoms with van der Waals surface area (Å²) in [4.78, 5) is 2.26. The average molecular weight is 329 g/mol. The molecule has 0 amide bonds. The van der Waals surface area contributed by atoms with E-state index >= 15 is 0 Å². The van der Waals surface area contributed by atoms with Crippen LogP contribution in [0.25, 0.3) is 0 Å². The molecule has 2 aromatic rings. The lowest BCUT2D eigenvalue weighted by atomic mass is 9.95. The van der Waals surface area contributed by atoms with E-state index in [1.165, 1.54) is 0 Å². The zero-order valence-corrected chi connectivity index (χ0v) is 13.1. The molecule has 1 fully saturated rings. The van der Waals surface area contributed by atoms with Gasteiger partial charge in [-0.05, 0) is 23.8 Å². The first kappa shape index (κ1) is 15.1. The molecule has 2 heterocycles. The maximum atomic E-state index is 10.5. The van der Waals surface area contributed by atoms with E-state index < -0.39 is 0 Å². The monoisotopic (exact) mass is 329 g/mol. The van der Waals surface area contributed by atoms with Crippen molar-refractivity contribution in [2.75, 3.05) is 33.1 Å². The van der Waals surface area contributed by atoms with Gasteiger partial charge in [-0.2, -0.15) is 0 Å². The van der Waals surface area contributed by atoms with Crippen LogP contribution in [0.5, 0.6) is 23.0 Å². The fraction of sp³-hybridized carbons (Fsp3) is 0.333. The number of phenols is 2. The second-order valence-electron chi connectivity index (χ2n) is 5.91. The van der Waals surface area contributed by atoms with Crippen molar-refractivity contribution in [1.82, 2.24) is 4.90 Å². The van der Waals surface area contributed by atoms with Gasteiger partial charge in [0.15, 0.2) is 11.5 Å². The molecule has 2 aromatic carbocycles. The zero-order chi connectivity index (χ0) is 16.5. The van der Waals surface area contributed by atoms with Gasteiger partial charge in [-0.25, -0.2) is 0 Å². The summed E-state index contributed by atoms with van der Waals surface area (Å²) in [6, 6.07) is 10.4.